The van der Waals surface area contributed by atoms with E-state index in [0.29, 0.717) is 19.4 Å². The van der Waals surface area contributed by atoms with E-state index in [1.807, 2.05) is 24.3 Å². The number of carbonyl (C=O) groups is 1. The Kier molecular flexibility index (Phi) is 5.27. The Labute approximate surface area is 133 Å². The molecule has 1 aliphatic heterocycles. The molecule has 0 spiro atoms. The van der Waals surface area contributed by atoms with Crippen LogP contribution in [0.5, 0.6) is 0 Å². The summed E-state index contributed by atoms with van der Waals surface area (Å²) in [6, 6.07) is 7.53. The zero-order valence-electron chi connectivity index (χ0n) is 11.9. The van der Waals surface area contributed by atoms with Crippen LogP contribution in [0.25, 0.3) is 0 Å². The van der Waals surface area contributed by atoms with Crippen molar-refractivity contribution in [3.8, 4) is 0 Å². The second-order valence-corrected chi connectivity index (χ2v) is 8.30. The number of hydrogen-bond donors (Lipinski definition) is 1. The van der Waals surface area contributed by atoms with Crippen LogP contribution in [0.3, 0.4) is 0 Å². The number of nitrogens with one attached hydrogen (secondary N) is 1. The number of anilines is 1. The lowest BCUT2D eigenvalue weighted by molar-refractivity contribution is -0.131. The third-order valence-corrected chi connectivity index (χ3v) is 6.12. The minimum absolute atomic E-state index is 0.0309. The average Bonchev–Trinajstić information content (AvgIpc) is 2.80. The fourth-order valence-corrected chi connectivity index (χ4v) is 4.57. The molecule has 1 heterocycles. The van der Waals surface area contributed by atoms with Crippen molar-refractivity contribution in [1.82, 2.24) is 4.90 Å². The Balaban J connectivity index is 1.81. The minimum Gasteiger partial charge on any atom is -0.384 e. The second kappa shape index (κ2) is 6.79. The molecule has 1 aliphatic rings. The Morgan fingerprint density at radius 3 is 2.76 bits per heavy atom. The standard InChI is InChI=1S/C14H19BrN2O3S/c1-17(11-7-9-21(19,20)10-11)14(18)6-8-16-13-5-3-2-4-12(13)15/h2-5,11,16H,6-10H2,1H3. The third-order valence-electron chi connectivity index (χ3n) is 3.68. The van der Waals surface area contributed by atoms with Gasteiger partial charge in [-0.2, -0.15) is 0 Å². The number of halogens is 1. The van der Waals surface area contributed by atoms with Gasteiger partial charge in [0.1, 0.15) is 0 Å². The second-order valence-electron chi connectivity index (χ2n) is 5.22. The highest BCUT2D eigenvalue weighted by molar-refractivity contribution is 9.10. The van der Waals surface area contributed by atoms with Crippen molar-refractivity contribution in [2.75, 3.05) is 30.4 Å². The maximum Gasteiger partial charge on any atom is 0.224 e. The molecule has 0 aliphatic carbocycles. The number of amides is 1. The van der Waals surface area contributed by atoms with Crippen LogP contribution in [0.15, 0.2) is 28.7 Å². The van der Waals surface area contributed by atoms with Crippen LogP contribution >= 0.6 is 15.9 Å². The van der Waals surface area contributed by atoms with E-state index >= 15 is 0 Å². The van der Waals surface area contributed by atoms with E-state index in [1.54, 1.807) is 11.9 Å². The monoisotopic (exact) mass is 374 g/mol. The van der Waals surface area contributed by atoms with Crippen molar-refractivity contribution in [3.63, 3.8) is 0 Å². The molecule has 0 radical (unpaired) electrons. The topological polar surface area (TPSA) is 66.5 Å². The molecule has 0 aromatic heterocycles. The summed E-state index contributed by atoms with van der Waals surface area (Å²) in [6.07, 6.45) is 0.886. The summed E-state index contributed by atoms with van der Waals surface area (Å²) in [5.41, 5.74) is 0.941. The van der Waals surface area contributed by atoms with E-state index < -0.39 is 9.84 Å². The predicted octanol–water partition coefficient (Wildman–Crippen LogP) is 1.90. The van der Waals surface area contributed by atoms with Crippen molar-refractivity contribution >= 4 is 37.4 Å². The zero-order valence-corrected chi connectivity index (χ0v) is 14.3. The minimum atomic E-state index is -2.96. The Bertz CT molecular complexity index is 618. The summed E-state index contributed by atoms with van der Waals surface area (Å²) in [4.78, 5) is 13.7. The molecule has 1 unspecified atom stereocenters. The summed E-state index contributed by atoms with van der Waals surface area (Å²) >= 11 is 3.43. The van der Waals surface area contributed by atoms with E-state index in [4.69, 9.17) is 0 Å². The molecule has 116 valence electrons. The van der Waals surface area contributed by atoms with Gasteiger partial charge in [-0.05, 0) is 34.5 Å². The molecular weight excluding hydrogens is 356 g/mol. The number of hydrogen-bond acceptors (Lipinski definition) is 4. The zero-order chi connectivity index (χ0) is 15.5. The lowest BCUT2D eigenvalue weighted by Crippen LogP contribution is -2.38. The first-order chi connectivity index (χ1) is 9.89. The number of nitrogens with zero attached hydrogens (tertiary/aromatic N) is 1. The van der Waals surface area contributed by atoms with Gasteiger partial charge >= 0.3 is 0 Å². The molecule has 1 saturated heterocycles. The molecule has 1 fully saturated rings. The molecule has 1 atom stereocenters. The van der Waals surface area contributed by atoms with Gasteiger partial charge in [-0.15, -0.1) is 0 Å². The van der Waals surface area contributed by atoms with Crippen LogP contribution < -0.4 is 5.32 Å². The summed E-state index contributed by atoms with van der Waals surface area (Å²) in [6.45, 7) is 0.519. The lowest BCUT2D eigenvalue weighted by atomic mass is 10.2. The largest absolute Gasteiger partial charge is 0.384 e. The highest BCUT2D eigenvalue weighted by Crippen LogP contribution is 2.21. The van der Waals surface area contributed by atoms with Crippen molar-refractivity contribution in [1.29, 1.82) is 0 Å². The van der Waals surface area contributed by atoms with Gasteiger partial charge in [0.25, 0.3) is 0 Å². The maximum atomic E-state index is 12.1. The molecule has 2 rings (SSSR count). The normalized spacial score (nSPS) is 20.2. The molecule has 7 heteroatoms. The molecule has 0 saturated carbocycles. The number of benzene rings is 1. The predicted molar refractivity (Wildman–Crippen MR) is 87.1 cm³/mol. The van der Waals surface area contributed by atoms with Gasteiger partial charge in [-0.25, -0.2) is 8.42 Å². The molecule has 5 nitrogen and oxygen atoms in total. The quantitative estimate of drug-likeness (QED) is 0.854. The van der Waals surface area contributed by atoms with Crippen LogP contribution in [-0.2, 0) is 14.6 Å². The van der Waals surface area contributed by atoms with E-state index in [2.05, 4.69) is 21.2 Å². The SMILES string of the molecule is CN(C(=O)CCNc1ccccc1Br)C1CCS(=O)(=O)C1. The van der Waals surface area contributed by atoms with Gasteiger partial charge in [-0.1, -0.05) is 12.1 Å². The van der Waals surface area contributed by atoms with Crippen LogP contribution in [0.2, 0.25) is 0 Å². The van der Waals surface area contributed by atoms with E-state index in [-0.39, 0.29) is 23.5 Å². The fourth-order valence-electron chi connectivity index (χ4n) is 2.37. The Morgan fingerprint density at radius 2 is 2.14 bits per heavy atom. The molecule has 1 amide bonds. The first-order valence-corrected chi connectivity index (χ1v) is 9.45. The van der Waals surface area contributed by atoms with Gasteiger partial charge in [0.15, 0.2) is 9.84 Å². The summed E-state index contributed by atoms with van der Waals surface area (Å²) in [5.74, 6) is 0.244. The smallest absolute Gasteiger partial charge is 0.224 e. The lowest BCUT2D eigenvalue weighted by Gasteiger charge is -2.23. The van der Waals surface area contributed by atoms with Gasteiger partial charge < -0.3 is 10.2 Å². The van der Waals surface area contributed by atoms with Crippen LogP contribution in [0.1, 0.15) is 12.8 Å². The van der Waals surface area contributed by atoms with E-state index in [9.17, 15) is 13.2 Å². The van der Waals surface area contributed by atoms with Gasteiger partial charge in [-0.3, -0.25) is 4.79 Å². The number of carbonyl (C=O) groups excluding carboxylic acids is 1. The number of sulfone groups is 1. The van der Waals surface area contributed by atoms with Crippen molar-refractivity contribution in [2.45, 2.75) is 18.9 Å². The van der Waals surface area contributed by atoms with Crippen LogP contribution in [-0.4, -0.2) is 50.4 Å². The van der Waals surface area contributed by atoms with Gasteiger partial charge in [0, 0.05) is 36.2 Å². The Hall–Kier alpha value is -1.08. The van der Waals surface area contributed by atoms with Gasteiger partial charge in [0.2, 0.25) is 5.91 Å². The molecule has 1 N–H and O–H groups in total. The highest BCUT2D eigenvalue weighted by Gasteiger charge is 2.32. The van der Waals surface area contributed by atoms with Crippen molar-refractivity contribution in [2.24, 2.45) is 0 Å². The molecule has 1 aromatic carbocycles. The van der Waals surface area contributed by atoms with Crippen LogP contribution in [0, 0.1) is 0 Å². The molecular formula is C14H19BrN2O3S. The maximum absolute atomic E-state index is 12.1. The van der Waals surface area contributed by atoms with E-state index in [0.717, 1.165) is 10.2 Å². The molecule has 1 aromatic rings. The van der Waals surface area contributed by atoms with Gasteiger partial charge in [0.05, 0.1) is 11.5 Å². The summed E-state index contributed by atoms with van der Waals surface area (Å²) in [5, 5.41) is 3.19. The number of para-hydroxylation sites is 1. The first-order valence-electron chi connectivity index (χ1n) is 6.83. The number of rotatable bonds is 5. The molecule has 0 bridgehead atoms. The first kappa shape index (κ1) is 16.3. The summed E-state index contributed by atoms with van der Waals surface area (Å²) < 4.78 is 23.8. The fraction of sp³-hybridized carbons (Fsp3) is 0.500. The van der Waals surface area contributed by atoms with E-state index in [1.165, 1.54) is 0 Å². The van der Waals surface area contributed by atoms with Crippen molar-refractivity contribution < 1.29 is 13.2 Å². The average molecular weight is 375 g/mol. The van der Waals surface area contributed by atoms with Crippen LogP contribution in [0.4, 0.5) is 5.69 Å². The Morgan fingerprint density at radius 1 is 1.43 bits per heavy atom. The summed E-state index contributed by atoms with van der Waals surface area (Å²) in [7, 11) is -1.27. The molecule has 21 heavy (non-hydrogen) atoms. The highest BCUT2D eigenvalue weighted by atomic mass is 79.9. The third kappa shape index (κ3) is 4.44. The van der Waals surface area contributed by atoms with Crippen molar-refractivity contribution in [3.05, 3.63) is 28.7 Å².